The Bertz CT molecular complexity index is 744. The van der Waals surface area contributed by atoms with Gasteiger partial charge in [0.05, 0.1) is 7.11 Å². The molecule has 1 spiro atoms. The lowest BCUT2D eigenvalue weighted by atomic mass is 9.59. The summed E-state index contributed by atoms with van der Waals surface area (Å²) in [4.78, 5) is 12.5. The van der Waals surface area contributed by atoms with Crippen molar-refractivity contribution in [2.75, 3.05) is 7.11 Å². The van der Waals surface area contributed by atoms with Crippen LogP contribution in [0, 0.1) is 16.7 Å². The van der Waals surface area contributed by atoms with Gasteiger partial charge in [0, 0.05) is 17.3 Å². The number of hydrogen-bond donors (Lipinski definition) is 0. The first-order chi connectivity index (χ1) is 10.6. The molecular formula is C20H22O2. The molecule has 0 aromatic heterocycles. The Kier molecular flexibility index (Phi) is 2.26. The highest BCUT2D eigenvalue weighted by molar-refractivity contribution is 5.94. The van der Waals surface area contributed by atoms with E-state index in [4.69, 9.17) is 4.74 Å². The van der Waals surface area contributed by atoms with E-state index in [1.54, 1.807) is 18.3 Å². The summed E-state index contributed by atoms with van der Waals surface area (Å²) in [7, 11) is 1.74. The van der Waals surface area contributed by atoms with Gasteiger partial charge in [0.15, 0.2) is 0 Å². The third-order valence-electron chi connectivity index (χ3n) is 7.20. The number of ketones is 1. The van der Waals surface area contributed by atoms with Crippen LogP contribution >= 0.6 is 0 Å². The van der Waals surface area contributed by atoms with Gasteiger partial charge in [-0.05, 0) is 66.9 Å². The van der Waals surface area contributed by atoms with Gasteiger partial charge in [-0.2, -0.15) is 0 Å². The summed E-state index contributed by atoms with van der Waals surface area (Å²) < 4.78 is 5.38. The minimum absolute atomic E-state index is 0.0551. The van der Waals surface area contributed by atoms with Crippen LogP contribution in [-0.4, -0.2) is 12.9 Å². The van der Waals surface area contributed by atoms with Crippen molar-refractivity contribution in [1.29, 1.82) is 0 Å². The predicted molar refractivity (Wildman–Crippen MR) is 85.7 cm³/mol. The van der Waals surface area contributed by atoms with E-state index >= 15 is 0 Å². The zero-order valence-electron chi connectivity index (χ0n) is 13.4. The fourth-order valence-corrected chi connectivity index (χ4v) is 5.94. The van der Waals surface area contributed by atoms with Crippen molar-refractivity contribution in [1.82, 2.24) is 0 Å². The Hall–Kier alpha value is -1.57. The second kappa shape index (κ2) is 3.84. The molecule has 4 aliphatic carbocycles. The molecule has 0 aliphatic heterocycles. The molecule has 1 aromatic carbocycles. The molecule has 2 heteroatoms. The lowest BCUT2D eigenvalue weighted by molar-refractivity contribution is -0.128. The maximum absolute atomic E-state index is 12.5. The van der Waals surface area contributed by atoms with Crippen LogP contribution in [0.5, 0.6) is 5.75 Å². The van der Waals surface area contributed by atoms with Gasteiger partial charge in [0.2, 0.25) is 0 Å². The van der Waals surface area contributed by atoms with Gasteiger partial charge >= 0.3 is 0 Å². The molecular weight excluding hydrogens is 272 g/mol. The SMILES string of the molecule is COc1ccc2c(c1)CCC1=C2CC[C@]2(C)C(=O)C[C@@H]3C[C@@]132. The lowest BCUT2D eigenvalue weighted by Gasteiger charge is -2.43. The van der Waals surface area contributed by atoms with Gasteiger partial charge in [-0.1, -0.05) is 18.6 Å². The average Bonchev–Trinajstić information content (AvgIpc) is 3.19. The molecule has 114 valence electrons. The van der Waals surface area contributed by atoms with E-state index in [0.29, 0.717) is 11.7 Å². The van der Waals surface area contributed by atoms with Crippen LogP contribution in [0.1, 0.15) is 50.2 Å². The van der Waals surface area contributed by atoms with E-state index in [1.807, 2.05) is 0 Å². The molecule has 1 aromatic rings. The second-order valence-electron chi connectivity index (χ2n) is 7.81. The molecule has 0 amide bonds. The number of Topliss-reactive ketones (excluding diaryl/α,β-unsaturated/α-hetero) is 1. The highest BCUT2D eigenvalue weighted by Crippen LogP contribution is 2.78. The summed E-state index contributed by atoms with van der Waals surface area (Å²) in [6.07, 6.45) is 6.47. The van der Waals surface area contributed by atoms with Crippen molar-refractivity contribution in [3.05, 3.63) is 34.9 Å². The monoisotopic (exact) mass is 294 g/mol. The van der Waals surface area contributed by atoms with Gasteiger partial charge in [-0.25, -0.2) is 0 Å². The molecule has 5 rings (SSSR count). The summed E-state index contributed by atoms with van der Waals surface area (Å²) in [6, 6.07) is 6.54. The Labute approximate surface area is 131 Å². The Morgan fingerprint density at radius 2 is 2.09 bits per heavy atom. The van der Waals surface area contributed by atoms with E-state index in [2.05, 4.69) is 25.1 Å². The quantitative estimate of drug-likeness (QED) is 0.777. The molecule has 0 heterocycles. The first kappa shape index (κ1) is 12.9. The van der Waals surface area contributed by atoms with Crippen LogP contribution < -0.4 is 4.74 Å². The first-order valence-corrected chi connectivity index (χ1v) is 8.53. The number of carbonyl (C=O) groups is 1. The van der Waals surface area contributed by atoms with Gasteiger partial charge in [0.25, 0.3) is 0 Å². The molecule has 3 atom stereocenters. The molecule has 2 fully saturated rings. The Morgan fingerprint density at radius 3 is 2.91 bits per heavy atom. The van der Waals surface area contributed by atoms with Gasteiger partial charge in [0.1, 0.15) is 11.5 Å². The van der Waals surface area contributed by atoms with Crippen molar-refractivity contribution in [2.45, 2.75) is 45.4 Å². The van der Waals surface area contributed by atoms with Crippen LogP contribution in [0.2, 0.25) is 0 Å². The summed E-state index contributed by atoms with van der Waals surface area (Å²) in [5.41, 5.74) is 6.27. The number of carbonyl (C=O) groups excluding carboxylic acids is 1. The minimum atomic E-state index is -0.0551. The summed E-state index contributed by atoms with van der Waals surface area (Å²) >= 11 is 0. The molecule has 22 heavy (non-hydrogen) atoms. The Balaban J connectivity index is 1.68. The van der Waals surface area contributed by atoms with E-state index < -0.39 is 0 Å². The number of ether oxygens (including phenoxy) is 1. The normalized spacial score (nSPS) is 38.1. The van der Waals surface area contributed by atoms with Crippen molar-refractivity contribution in [3.63, 3.8) is 0 Å². The van der Waals surface area contributed by atoms with Crippen molar-refractivity contribution in [3.8, 4) is 5.75 Å². The van der Waals surface area contributed by atoms with Crippen molar-refractivity contribution >= 4 is 11.4 Å². The molecule has 2 saturated carbocycles. The molecule has 0 saturated heterocycles. The fraction of sp³-hybridized carbons (Fsp3) is 0.550. The zero-order chi connectivity index (χ0) is 15.1. The van der Waals surface area contributed by atoms with Gasteiger partial charge in [-0.3, -0.25) is 4.79 Å². The van der Waals surface area contributed by atoms with Crippen LogP contribution in [0.15, 0.2) is 23.8 Å². The molecule has 4 aliphatic rings. The number of allylic oxidation sites excluding steroid dienone is 2. The number of hydrogen-bond acceptors (Lipinski definition) is 2. The summed E-state index contributed by atoms with van der Waals surface area (Å²) in [5.74, 6) is 2.15. The smallest absolute Gasteiger partial charge is 0.139 e. The van der Waals surface area contributed by atoms with Gasteiger partial charge < -0.3 is 4.74 Å². The van der Waals surface area contributed by atoms with Crippen LogP contribution in [0.3, 0.4) is 0 Å². The standard InChI is InChI=1S/C20H22O2/c1-19-8-7-16-15-5-4-14(22-2)9-12(15)3-6-17(16)20(19)11-13(20)10-18(19)21/h4-5,9,13H,3,6-8,10-11H2,1-2H3/t13-,19-,20+/m1/s1. The first-order valence-electron chi connectivity index (χ1n) is 8.53. The molecule has 0 radical (unpaired) electrons. The largest absolute Gasteiger partial charge is 0.497 e. The third kappa shape index (κ3) is 1.27. The number of fused-ring (bicyclic) bond motifs is 2. The van der Waals surface area contributed by atoms with Crippen LogP contribution in [0.4, 0.5) is 0 Å². The van der Waals surface area contributed by atoms with E-state index in [0.717, 1.165) is 37.9 Å². The average molecular weight is 294 g/mol. The second-order valence-corrected chi connectivity index (χ2v) is 7.81. The van der Waals surface area contributed by atoms with Gasteiger partial charge in [-0.15, -0.1) is 0 Å². The minimum Gasteiger partial charge on any atom is -0.497 e. The van der Waals surface area contributed by atoms with Crippen molar-refractivity contribution in [2.24, 2.45) is 16.7 Å². The maximum Gasteiger partial charge on any atom is 0.139 e. The fourth-order valence-electron chi connectivity index (χ4n) is 5.94. The highest BCUT2D eigenvalue weighted by Gasteiger charge is 2.74. The topological polar surface area (TPSA) is 26.3 Å². The van der Waals surface area contributed by atoms with E-state index in [9.17, 15) is 4.79 Å². The van der Waals surface area contributed by atoms with Crippen LogP contribution in [-0.2, 0) is 11.2 Å². The Morgan fingerprint density at radius 1 is 1.23 bits per heavy atom. The van der Waals surface area contributed by atoms with Crippen LogP contribution in [0.25, 0.3) is 5.57 Å². The summed E-state index contributed by atoms with van der Waals surface area (Å²) in [5, 5.41) is 0. The lowest BCUT2D eigenvalue weighted by Crippen LogP contribution is -2.38. The zero-order valence-corrected chi connectivity index (χ0v) is 13.4. The highest BCUT2D eigenvalue weighted by atomic mass is 16.5. The molecule has 2 nitrogen and oxygen atoms in total. The predicted octanol–water partition coefficient (Wildman–Crippen LogP) is 4.17. The van der Waals surface area contributed by atoms with E-state index in [1.165, 1.54) is 17.5 Å². The summed E-state index contributed by atoms with van der Waals surface area (Å²) in [6.45, 7) is 2.26. The number of benzene rings is 1. The molecule has 0 unspecified atom stereocenters. The molecule has 0 bridgehead atoms. The number of methoxy groups -OCH3 is 1. The maximum atomic E-state index is 12.5. The third-order valence-corrected chi connectivity index (χ3v) is 7.20. The number of rotatable bonds is 1. The number of aryl methyl sites for hydroxylation is 1. The molecule has 0 N–H and O–H groups in total. The van der Waals surface area contributed by atoms with E-state index in [-0.39, 0.29) is 10.8 Å². The van der Waals surface area contributed by atoms with Crippen molar-refractivity contribution < 1.29 is 9.53 Å².